The molecule has 0 bridgehead atoms. The number of rotatable bonds is 3. The number of nitrogens with zero attached hydrogens (tertiary/aromatic N) is 2. The van der Waals surface area contributed by atoms with Crippen LogP contribution in [0.1, 0.15) is 13.8 Å². The highest BCUT2D eigenvalue weighted by Crippen LogP contribution is 1.82. The second-order valence-electron chi connectivity index (χ2n) is 1.33. The van der Waals surface area contributed by atoms with Gasteiger partial charge in [-0.05, 0) is 13.8 Å². The molecule has 0 saturated heterocycles. The van der Waals surface area contributed by atoms with E-state index >= 15 is 0 Å². The van der Waals surface area contributed by atoms with Crippen LogP contribution >= 0.6 is 0 Å². The average molecular weight is 114 g/mol. The summed E-state index contributed by atoms with van der Waals surface area (Å²) in [5, 5.41) is 5.02. The van der Waals surface area contributed by atoms with Gasteiger partial charge in [0.2, 0.25) is 0 Å². The molecule has 0 fully saturated rings. The van der Waals surface area contributed by atoms with Crippen LogP contribution in [0.5, 0.6) is 0 Å². The van der Waals surface area contributed by atoms with E-state index in [0.717, 1.165) is 13.1 Å². The lowest BCUT2D eigenvalue weighted by molar-refractivity contribution is 0.319. The maximum absolute atomic E-state index is 9.60. The minimum Gasteiger partial charge on any atom is -0.287 e. The molecule has 0 rings (SSSR count). The zero-order valence-electron chi connectivity index (χ0n) is 5.22. The lowest BCUT2D eigenvalue weighted by atomic mass is 10.6. The van der Waals surface area contributed by atoms with Crippen LogP contribution in [-0.2, 0) is 4.79 Å². The Morgan fingerprint density at radius 2 is 2.00 bits per heavy atom. The molecule has 0 aliphatic heterocycles. The van der Waals surface area contributed by atoms with Crippen molar-refractivity contribution in [2.75, 3.05) is 13.1 Å². The topological polar surface area (TPSA) is 32.7 Å². The lowest BCUT2D eigenvalue weighted by Crippen LogP contribution is -2.14. The molecule has 46 valence electrons. The summed E-state index contributed by atoms with van der Waals surface area (Å²) in [6.07, 6.45) is 1.47. The normalized spacial score (nSPS) is 7.75. The van der Waals surface area contributed by atoms with Crippen LogP contribution < -0.4 is 0 Å². The van der Waals surface area contributed by atoms with E-state index in [1.807, 2.05) is 13.8 Å². The Morgan fingerprint density at radius 3 is 2.12 bits per heavy atom. The number of hydrogen-bond acceptors (Lipinski definition) is 3. The van der Waals surface area contributed by atoms with Gasteiger partial charge in [0.05, 0.1) is 0 Å². The Kier molecular flexibility index (Phi) is 3.90. The van der Waals surface area contributed by atoms with Crippen molar-refractivity contribution in [2.45, 2.75) is 13.8 Å². The van der Waals surface area contributed by atoms with Gasteiger partial charge in [-0.2, -0.15) is 0 Å². The van der Waals surface area contributed by atoms with Gasteiger partial charge in [-0.15, -0.1) is 0 Å². The third kappa shape index (κ3) is 2.37. The second-order valence-corrected chi connectivity index (χ2v) is 1.33. The highest BCUT2D eigenvalue weighted by Gasteiger charge is 1.87. The SMILES string of the molecule is CCN(CC)N=C=O. The molecule has 3 heteroatoms. The molecular weight excluding hydrogens is 104 g/mol. The summed E-state index contributed by atoms with van der Waals surface area (Å²) < 4.78 is 0. The highest BCUT2D eigenvalue weighted by atomic mass is 16.1. The molecule has 3 nitrogen and oxygen atoms in total. The maximum Gasteiger partial charge on any atom is 0.258 e. The molecule has 0 atom stereocenters. The molecule has 0 spiro atoms. The summed E-state index contributed by atoms with van der Waals surface area (Å²) in [4.78, 5) is 9.60. The van der Waals surface area contributed by atoms with E-state index in [9.17, 15) is 4.79 Å². The lowest BCUT2D eigenvalue weighted by Gasteiger charge is -2.08. The molecule has 0 amide bonds. The van der Waals surface area contributed by atoms with Crippen molar-refractivity contribution in [2.24, 2.45) is 5.10 Å². The van der Waals surface area contributed by atoms with Crippen molar-refractivity contribution in [1.29, 1.82) is 0 Å². The molecule has 0 unspecified atom stereocenters. The van der Waals surface area contributed by atoms with Gasteiger partial charge in [0, 0.05) is 13.1 Å². The first-order valence-electron chi connectivity index (χ1n) is 2.67. The van der Waals surface area contributed by atoms with Gasteiger partial charge < -0.3 is 0 Å². The van der Waals surface area contributed by atoms with E-state index < -0.39 is 0 Å². The number of carbonyl (C=O) groups excluding carboxylic acids is 1. The molecule has 0 aliphatic rings. The molecule has 0 aromatic carbocycles. The predicted octanol–water partition coefficient (Wildman–Crippen LogP) is 0.579. The molecule has 0 radical (unpaired) electrons. The van der Waals surface area contributed by atoms with E-state index in [4.69, 9.17) is 0 Å². The fourth-order valence-corrected chi connectivity index (χ4v) is 0.423. The van der Waals surface area contributed by atoms with E-state index in [1.54, 1.807) is 5.01 Å². The summed E-state index contributed by atoms with van der Waals surface area (Å²) in [7, 11) is 0. The molecule has 0 N–H and O–H groups in total. The molecule has 0 aromatic rings. The highest BCUT2D eigenvalue weighted by molar-refractivity contribution is 5.32. The average Bonchev–Trinajstić information content (AvgIpc) is 1.83. The molecule has 0 saturated carbocycles. The van der Waals surface area contributed by atoms with Crippen LogP contribution in [-0.4, -0.2) is 24.2 Å². The number of isocyanates is 1. The summed E-state index contributed by atoms with van der Waals surface area (Å²) in [5.74, 6) is 0. The van der Waals surface area contributed by atoms with Gasteiger partial charge >= 0.3 is 0 Å². The first-order chi connectivity index (χ1) is 3.85. The Morgan fingerprint density at radius 1 is 1.50 bits per heavy atom. The van der Waals surface area contributed by atoms with Gasteiger partial charge in [-0.1, -0.05) is 5.10 Å². The van der Waals surface area contributed by atoms with Crippen LogP contribution in [0.2, 0.25) is 0 Å². The first-order valence-corrected chi connectivity index (χ1v) is 2.67. The van der Waals surface area contributed by atoms with E-state index in [1.165, 1.54) is 6.08 Å². The third-order valence-corrected chi connectivity index (χ3v) is 0.912. The van der Waals surface area contributed by atoms with Crippen LogP contribution in [0.25, 0.3) is 0 Å². The van der Waals surface area contributed by atoms with Gasteiger partial charge in [-0.3, -0.25) is 5.01 Å². The fraction of sp³-hybridized carbons (Fsp3) is 0.800. The van der Waals surface area contributed by atoms with Crippen LogP contribution in [0.4, 0.5) is 0 Å². The quantitative estimate of drug-likeness (QED) is 0.305. The standard InChI is InChI=1S/C5H10N2O/c1-3-7(4-2)6-5-8/h3-4H2,1-2H3. The minimum atomic E-state index is 0.770. The van der Waals surface area contributed by atoms with Crippen molar-refractivity contribution in [1.82, 2.24) is 5.01 Å². The largest absolute Gasteiger partial charge is 0.287 e. The summed E-state index contributed by atoms with van der Waals surface area (Å²) in [5.41, 5.74) is 0. The predicted molar refractivity (Wildman–Crippen MR) is 31.0 cm³/mol. The molecule has 8 heavy (non-hydrogen) atoms. The monoisotopic (exact) mass is 114 g/mol. The molecular formula is C5H10N2O. The van der Waals surface area contributed by atoms with Crippen molar-refractivity contribution in [3.05, 3.63) is 0 Å². The number of hydrazone groups is 1. The van der Waals surface area contributed by atoms with Gasteiger partial charge in [0.1, 0.15) is 0 Å². The molecule has 0 heterocycles. The van der Waals surface area contributed by atoms with Crippen molar-refractivity contribution < 1.29 is 4.79 Å². The van der Waals surface area contributed by atoms with Gasteiger partial charge in [0.25, 0.3) is 6.08 Å². The zero-order valence-corrected chi connectivity index (χ0v) is 5.22. The van der Waals surface area contributed by atoms with Crippen molar-refractivity contribution in [3.63, 3.8) is 0 Å². The van der Waals surface area contributed by atoms with Gasteiger partial charge in [-0.25, -0.2) is 4.79 Å². The third-order valence-electron chi connectivity index (χ3n) is 0.912. The summed E-state index contributed by atoms with van der Waals surface area (Å²) in [6.45, 7) is 5.41. The van der Waals surface area contributed by atoms with Crippen LogP contribution in [0.3, 0.4) is 0 Å². The zero-order chi connectivity index (χ0) is 6.41. The van der Waals surface area contributed by atoms with Crippen LogP contribution in [0, 0.1) is 0 Å². The minimum absolute atomic E-state index is 0.770. The second kappa shape index (κ2) is 4.34. The Labute approximate surface area is 49.0 Å². The van der Waals surface area contributed by atoms with E-state index in [-0.39, 0.29) is 0 Å². The van der Waals surface area contributed by atoms with Crippen molar-refractivity contribution in [3.8, 4) is 0 Å². The van der Waals surface area contributed by atoms with Gasteiger partial charge in [0.15, 0.2) is 0 Å². The summed E-state index contributed by atoms with van der Waals surface area (Å²) >= 11 is 0. The van der Waals surface area contributed by atoms with Crippen molar-refractivity contribution >= 4 is 6.08 Å². The Hall–Kier alpha value is -0.820. The first kappa shape index (κ1) is 7.18. The van der Waals surface area contributed by atoms with E-state index in [2.05, 4.69) is 5.10 Å². The molecule has 0 aliphatic carbocycles. The smallest absolute Gasteiger partial charge is 0.258 e. The maximum atomic E-state index is 9.60. The van der Waals surface area contributed by atoms with E-state index in [0.29, 0.717) is 0 Å². The van der Waals surface area contributed by atoms with Crippen LogP contribution in [0.15, 0.2) is 5.10 Å². The number of hydrogen-bond donors (Lipinski definition) is 0. The summed E-state index contributed by atoms with van der Waals surface area (Å²) in [6, 6.07) is 0. The Bertz CT molecular complexity index is 92.6. The fourth-order valence-electron chi connectivity index (χ4n) is 0.423. The Balaban J connectivity index is 3.52. The molecule has 0 aromatic heterocycles.